The van der Waals surface area contributed by atoms with Crippen LogP contribution < -0.4 is 0 Å². The summed E-state index contributed by atoms with van der Waals surface area (Å²) >= 11 is 1.30. The SMILES string of the molecule is Cc1occc1-c1nnc(SC/C(O)=C(\C#N)c2nc3ccccc3[nH]2)n1Cc1ccccc1. The molecule has 8 nitrogen and oxygen atoms in total. The van der Waals surface area contributed by atoms with Gasteiger partial charge >= 0.3 is 0 Å². The monoisotopic (exact) mass is 468 g/mol. The highest BCUT2D eigenvalue weighted by molar-refractivity contribution is 7.99. The molecule has 9 heteroatoms. The minimum Gasteiger partial charge on any atom is -0.510 e. The molecule has 5 rings (SSSR count). The van der Waals surface area contributed by atoms with Crippen LogP contribution in [0.1, 0.15) is 17.1 Å². The molecular formula is C25H20N6O2S. The number of nitrogens with zero attached hydrogens (tertiary/aromatic N) is 5. The summed E-state index contributed by atoms with van der Waals surface area (Å²) in [6, 6.07) is 21.4. The van der Waals surface area contributed by atoms with Crippen molar-refractivity contribution in [1.82, 2.24) is 24.7 Å². The van der Waals surface area contributed by atoms with Crippen molar-refractivity contribution in [2.75, 3.05) is 5.75 Å². The highest BCUT2D eigenvalue weighted by Gasteiger charge is 2.20. The standard InChI is InChI=1S/C25H20N6O2S/c1-16-18(11-12-33-16)24-29-30-25(31(24)14-17-7-3-2-4-8-17)34-15-22(32)19(13-26)23-27-20-9-5-6-10-21(20)28-23/h2-12,32H,14-15H2,1H3,(H,27,28)/b22-19-. The number of nitrogens with one attached hydrogen (secondary N) is 1. The number of benzene rings is 2. The molecule has 0 saturated carbocycles. The topological polar surface area (TPSA) is 117 Å². The Morgan fingerprint density at radius 2 is 1.91 bits per heavy atom. The zero-order chi connectivity index (χ0) is 23.5. The van der Waals surface area contributed by atoms with Gasteiger partial charge in [0.15, 0.2) is 16.8 Å². The molecule has 3 aromatic heterocycles. The van der Waals surface area contributed by atoms with E-state index in [4.69, 9.17) is 4.42 Å². The van der Waals surface area contributed by atoms with Gasteiger partial charge in [-0.25, -0.2) is 4.98 Å². The van der Waals surface area contributed by atoms with E-state index in [2.05, 4.69) is 26.2 Å². The van der Waals surface area contributed by atoms with Gasteiger partial charge in [-0.1, -0.05) is 54.2 Å². The average Bonchev–Trinajstić information content (AvgIpc) is 3.57. The van der Waals surface area contributed by atoms with E-state index in [1.807, 2.05) is 72.2 Å². The highest BCUT2D eigenvalue weighted by Crippen LogP contribution is 2.29. The maximum atomic E-state index is 10.8. The van der Waals surface area contributed by atoms with Crippen LogP contribution in [0.3, 0.4) is 0 Å². The summed E-state index contributed by atoms with van der Waals surface area (Å²) in [5.74, 6) is 1.82. The third-order valence-corrected chi connectivity index (χ3v) is 6.34. The Kier molecular flexibility index (Phi) is 5.89. The predicted octanol–water partition coefficient (Wildman–Crippen LogP) is 5.36. The Morgan fingerprint density at radius 3 is 2.65 bits per heavy atom. The van der Waals surface area contributed by atoms with Gasteiger partial charge in [0.25, 0.3) is 0 Å². The average molecular weight is 469 g/mol. The Bertz CT molecular complexity index is 1490. The number of aryl methyl sites for hydroxylation is 1. The molecule has 0 atom stereocenters. The molecule has 2 aromatic carbocycles. The second kappa shape index (κ2) is 9.29. The lowest BCUT2D eigenvalue weighted by molar-refractivity contribution is 0.420. The van der Waals surface area contributed by atoms with Crippen LogP contribution in [0.15, 0.2) is 82.3 Å². The molecule has 0 aliphatic carbocycles. The van der Waals surface area contributed by atoms with Gasteiger partial charge in [-0.2, -0.15) is 5.26 Å². The number of para-hydroxylation sites is 2. The molecule has 2 N–H and O–H groups in total. The first-order chi connectivity index (χ1) is 16.6. The summed E-state index contributed by atoms with van der Waals surface area (Å²) in [7, 11) is 0. The molecule has 3 heterocycles. The van der Waals surface area contributed by atoms with Crippen molar-refractivity contribution in [3.05, 3.63) is 89.8 Å². The maximum Gasteiger partial charge on any atom is 0.192 e. The molecule has 0 fully saturated rings. The van der Waals surface area contributed by atoms with Gasteiger partial charge in [0, 0.05) is 0 Å². The first kappa shape index (κ1) is 21.6. The molecule has 0 spiro atoms. The van der Waals surface area contributed by atoms with Gasteiger partial charge in [0.1, 0.15) is 23.2 Å². The van der Waals surface area contributed by atoms with Crippen molar-refractivity contribution < 1.29 is 9.52 Å². The molecular weight excluding hydrogens is 448 g/mol. The number of aromatic nitrogens is 5. The number of nitriles is 1. The van der Waals surface area contributed by atoms with Crippen molar-refractivity contribution in [3.8, 4) is 17.5 Å². The molecule has 5 aromatic rings. The number of furan rings is 1. The molecule has 34 heavy (non-hydrogen) atoms. The van der Waals surface area contributed by atoms with Crippen LogP contribution in [-0.2, 0) is 6.54 Å². The molecule has 0 amide bonds. The normalized spacial score (nSPS) is 12.0. The highest BCUT2D eigenvalue weighted by atomic mass is 32.2. The van der Waals surface area contributed by atoms with E-state index in [1.54, 1.807) is 6.26 Å². The quantitative estimate of drug-likeness (QED) is 0.188. The number of hydrogen-bond acceptors (Lipinski definition) is 7. The van der Waals surface area contributed by atoms with Gasteiger partial charge in [-0.15, -0.1) is 10.2 Å². The van der Waals surface area contributed by atoms with Crippen LogP contribution in [0.5, 0.6) is 0 Å². The summed E-state index contributed by atoms with van der Waals surface area (Å²) in [4.78, 5) is 7.53. The Hall–Kier alpha value is -4.29. The smallest absolute Gasteiger partial charge is 0.192 e. The van der Waals surface area contributed by atoms with Crippen molar-refractivity contribution in [2.24, 2.45) is 0 Å². The molecule has 0 aliphatic heterocycles. The third-order valence-electron chi connectivity index (χ3n) is 5.36. The third kappa shape index (κ3) is 4.19. The zero-order valence-electron chi connectivity index (χ0n) is 18.3. The van der Waals surface area contributed by atoms with E-state index >= 15 is 0 Å². The van der Waals surface area contributed by atoms with Gasteiger partial charge in [-0.05, 0) is 30.7 Å². The predicted molar refractivity (Wildman–Crippen MR) is 130 cm³/mol. The number of rotatable bonds is 7. The fourth-order valence-electron chi connectivity index (χ4n) is 3.65. The fourth-order valence-corrected chi connectivity index (χ4v) is 4.47. The summed E-state index contributed by atoms with van der Waals surface area (Å²) in [5.41, 5.74) is 3.58. The molecule has 0 radical (unpaired) electrons. The van der Waals surface area contributed by atoms with E-state index in [0.29, 0.717) is 23.4 Å². The lowest BCUT2D eigenvalue weighted by Gasteiger charge is -2.10. The van der Waals surface area contributed by atoms with E-state index in [0.717, 1.165) is 27.9 Å². The Labute approximate surface area is 199 Å². The van der Waals surface area contributed by atoms with Crippen molar-refractivity contribution >= 4 is 28.4 Å². The number of thioether (sulfide) groups is 1. The fraction of sp³-hybridized carbons (Fsp3) is 0.120. The molecule has 0 aliphatic rings. The lowest BCUT2D eigenvalue weighted by Crippen LogP contribution is -2.05. The second-order valence-electron chi connectivity index (χ2n) is 7.59. The number of aromatic amines is 1. The lowest BCUT2D eigenvalue weighted by atomic mass is 10.2. The van der Waals surface area contributed by atoms with Crippen LogP contribution in [0, 0.1) is 18.3 Å². The number of hydrogen-bond donors (Lipinski definition) is 2. The Morgan fingerprint density at radius 1 is 1.12 bits per heavy atom. The summed E-state index contributed by atoms with van der Waals surface area (Å²) in [6.07, 6.45) is 1.63. The zero-order valence-corrected chi connectivity index (χ0v) is 19.1. The number of fused-ring (bicyclic) bond motifs is 1. The summed E-state index contributed by atoms with van der Waals surface area (Å²) in [5, 5.41) is 29.9. The summed E-state index contributed by atoms with van der Waals surface area (Å²) < 4.78 is 7.45. The van der Waals surface area contributed by atoms with Crippen molar-refractivity contribution in [3.63, 3.8) is 0 Å². The first-order valence-corrected chi connectivity index (χ1v) is 11.5. The van der Waals surface area contributed by atoms with Crippen LogP contribution >= 0.6 is 11.8 Å². The Balaban J connectivity index is 1.46. The second-order valence-corrected chi connectivity index (χ2v) is 8.54. The molecule has 0 unspecified atom stereocenters. The van der Waals surface area contributed by atoms with Gasteiger partial charge < -0.3 is 14.5 Å². The molecule has 168 valence electrons. The maximum absolute atomic E-state index is 10.8. The van der Waals surface area contributed by atoms with Crippen LogP contribution in [0.4, 0.5) is 0 Å². The number of aliphatic hydroxyl groups excluding tert-OH is 1. The molecule has 0 bridgehead atoms. The summed E-state index contributed by atoms with van der Waals surface area (Å²) in [6.45, 7) is 2.43. The minimum atomic E-state index is -0.0816. The van der Waals surface area contributed by atoms with E-state index in [-0.39, 0.29) is 17.1 Å². The first-order valence-electron chi connectivity index (χ1n) is 10.6. The molecule has 0 saturated heterocycles. The number of imidazole rings is 1. The van der Waals surface area contributed by atoms with Crippen molar-refractivity contribution in [2.45, 2.75) is 18.6 Å². The van der Waals surface area contributed by atoms with Gasteiger partial charge in [0.05, 0.1) is 35.2 Å². The van der Waals surface area contributed by atoms with E-state index < -0.39 is 0 Å². The van der Waals surface area contributed by atoms with E-state index in [1.165, 1.54) is 11.8 Å². The van der Waals surface area contributed by atoms with E-state index in [9.17, 15) is 10.4 Å². The number of aliphatic hydroxyl groups is 1. The van der Waals surface area contributed by atoms with Gasteiger partial charge in [0.2, 0.25) is 0 Å². The minimum absolute atomic E-state index is 0.0816. The van der Waals surface area contributed by atoms with Crippen LogP contribution in [0.25, 0.3) is 28.0 Å². The number of allylic oxidation sites excluding steroid dienone is 1. The van der Waals surface area contributed by atoms with Gasteiger partial charge in [-0.3, -0.25) is 4.57 Å². The largest absolute Gasteiger partial charge is 0.510 e. The van der Waals surface area contributed by atoms with Crippen LogP contribution in [-0.4, -0.2) is 35.6 Å². The number of H-pyrrole nitrogens is 1. The van der Waals surface area contributed by atoms with Crippen molar-refractivity contribution in [1.29, 1.82) is 5.26 Å². The van der Waals surface area contributed by atoms with Crippen LogP contribution in [0.2, 0.25) is 0 Å².